The van der Waals surface area contributed by atoms with Crippen molar-refractivity contribution in [2.45, 2.75) is 50.9 Å². The summed E-state index contributed by atoms with van der Waals surface area (Å²) >= 11 is 0. The Morgan fingerprint density at radius 2 is 1.80 bits per heavy atom. The lowest BCUT2D eigenvalue weighted by molar-refractivity contribution is -0.145. The molecule has 6 nitrogen and oxygen atoms in total. The van der Waals surface area contributed by atoms with E-state index < -0.39 is 34.9 Å². The molecule has 0 spiro atoms. The fraction of sp³-hybridized carbons (Fsp3) is 0.300. The fourth-order valence-corrected chi connectivity index (χ4v) is 5.79. The number of aliphatic carboxylic acids is 1. The zero-order chi connectivity index (χ0) is 29.1. The molecule has 4 aromatic rings. The zero-order valence-electron chi connectivity index (χ0n) is 21.7. The summed E-state index contributed by atoms with van der Waals surface area (Å²) in [6.45, 7) is 1.50. The van der Waals surface area contributed by atoms with E-state index >= 15 is 4.39 Å². The van der Waals surface area contributed by atoms with Crippen LogP contribution in [-0.2, 0) is 17.4 Å². The molecule has 2 aliphatic rings. The summed E-state index contributed by atoms with van der Waals surface area (Å²) < 4.78 is 75.4. The number of hydrogen-bond donors (Lipinski definition) is 2. The van der Waals surface area contributed by atoms with E-state index in [2.05, 4.69) is 15.5 Å². The van der Waals surface area contributed by atoms with Crippen LogP contribution in [0, 0.1) is 24.5 Å². The maximum absolute atomic E-state index is 15.2. The van der Waals surface area contributed by atoms with E-state index in [9.17, 15) is 22.4 Å². The van der Waals surface area contributed by atoms with Crippen LogP contribution in [0.2, 0.25) is 0 Å². The third kappa shape index (κ3) is 4.99. The molecule has 1 heterocycles. The Balaban J connectivity index is 1.24. The number of carboxylic acid groups (broad SMARTS) is 1. The molecule has 0 bridgehead atoms. The molecule has 0 saturated heterocycles. The highest BCUT2D eigenvalue weighted by atomic mass is 19.4. The molecule has 1 aromatic heterocycles. The molecule has 6 rings (SSSR count). The van der Waals surface area contributed by atoms with Crippen molar-refractivity contribution in [3.63, 3.8) is 0 Å². The third-order valence-electron chi connectivity index (χ3n) is 7.96. The summed E-state index contributed by atoms with van der Waals surface area (Å²) in [6.07, 6.45) is -2.03. The monoisotopic (exact) mass is 569 g/mol. The maximum Gasteiger partial charge on any atom is 0.419 e. The predicted molar refractivity (Wildman–Crippen MR) is 139 cm³/mol. The standard InChI is InChI=1S/C30H24F5N3O3/c1-14-9-22(24(32)13-21(14)20-3-2-4-23(31)26(20)30(33,34)35)28-37-27(38-41-28)16-5-7-19-15(10-16)6-8-25(19)36-18-11-17(12-18)29(39)40/h2-5,7,9-10,13,17-18,25,36H,6,8,11-12H2,1H3,(H,39,40). The SMILES string of the molecule is Cc1cc(-c2nc(-c3ccc4c(c3)CCC4NC3CC(C(=O)O)C3)no2)c(F)cc1-c1cccc(F)c1C(F)(F)F. The van der Waals surface area contributed by atoms with Gasteiger partial charge in [0.15, 0.2) is 0 Å². The topological polar surface area (TPSA) is 88.2 Å². The summed E-state index contributed by atoms with van der Waals surface area (Å²) in [4.78, 5) is 15.4. The highest BCUT2D eigenvalue weighted by Crippen LogP contribution is 2.41. The Kier molecular flexibility index (Phi) is 6.64. The van der Waals surface area contributed by atoms with Gasteiger partial charge in [-0.05, 0) is 84.7 Å². The molecule has 3 aromatic carbocycles. The molecule has 1 atom stereocenters. The Hall–Kier alpha value is -4.12. The van der Waals surface area contributed by atoms with Crippen LogP contribution in [0.3, 0.4) is 0 Å². The molecule has 11 heteroatoms. The number of aryl methyl sites for hydroxylation is 2. The number of nitrogens with zero attached hydrogens (tertiary/aromatic N) is 2. The van der Waals surface area contributed by atoms with E-state index in [1.165, 1.54) is 13.0 Å². The van der Waals surface area contributed by atoms with Crippen LogP contribution < -0.4 is 5.32 Å². The smallest absolute Gasteiger partial charge is 0.419 e. The van der Waals surface area contributed by atoms with Gasteiger partial charge in [0.05, 0.1) is 17.0 Å². The maximum atomic E-state index is 15.2. The minimum atomic E-state index is -4.96. The Morgan fingerprint density at radius 3 is 2.54 bits per heavy atom. The summed E-state index contributed by atoms with van der Waals surface area (Å²) in [5.41, 5.74) is 1.07. The highest BCUT2D eigenvalue weighted by Gasteiger charge is 2.38. The number of fused-ring (bicyclic) bond motifs is 1. The van der Waals surface area contributed by atoms with Gasteiger partial charge in [0.25, 0.3) is 5.89 Å². The molecule has 212 valence electrons. The van der Waals surface area contributed by atoms with E-state index in [-0.39, 0.29) is 46.4 Å². The zero-order valence-corrected chi connectivity index (χ0v) is 21.7. The highest BCUT2D eigenvalue weighted by molar-refractivity contribution is 5.75. The van der Waals surface area contributed by atoms with Gasteiger partial charge in [-0.15, -0.1) is 0 Å². The van der Waals surface area contributed by atoms with Gasteiger partial charge in [-0.2, -0.15) is 18.2 Å². The third-order valence-corrected chi connectivity index (χ3v) is 7.96. The average molecular weight is 570 g/mol. The van der Waals surface area contributed by atoms with E-state index in [1.54, 1.807) is 0 Å². The molecule has 0 radical (unpaired) electrons. The Bertz CT molecular complexity index is 1660. The average Bonchev–Trinajstić information content (AvgIpc) is 3.53. The van der Waals surface area contributed by atoms with Crippen LogP contribution in [0.25, 0.3) is 34.0 Å². The first-order valence-corrected chi connectivity index (χ1v) is 13.1. The lowest BCUT2D eigenvalue weighted by atomic mass is 9.80. The minimum Gasteiger partial charge on any atom is -0.481 e. The second-order valence-corrected chi connectivity index (χ2v) is 10.6. The second-order valence-electron chi connectivity index (χ2n) is 10.6. The number of benzene rings is 3. The molecule has 1 fully saturated rings. The molecule has 2 aliphatic carbocycles. The molecule has 1 unspecified atom stereocenters. The number of aromatic nitrogens is 2. The fourth-order valence-electron chi connectivity index (χ4n) is 5.79. The summed E-state index contributed by atoms with van der Waals surface area (Å²) in [5.74, 6) is -3.28. The first-order chi connectivity index (χ1) is 19.5. The van der Waals surface area contributed by atoms with Crippen molar-refractivity contribution in [2.75, 3.05) is 0 Å². The Labute approximate surface area is 231 Å². The molecular formula is C30H24F5N3O3. The van der Waals surface area contributed by atoms with Crippen molar-refractivity contribution in [1.82, 2.24) is 15.5 Å². The lowest BCUT2D eigenvalue weighted by Gasteiger charge is -2.35. The van der Waals surface area contributed by atoms with Gasteiger partial charge < -0.3 is 14.9 Å². The van der Waals surface area contributed by atoms with Crippen molar-refractivity contribution < 1.29 is 36.4 Å². The van der Waals surface area contributed by atoms with E-state index in [0.29, 0.717) is 24.5 Å². The van der Waals surface area contributed by atoms with Crippen LogP contribution in [0.5, 0.6) is 0 Å². The van der Waals surface area contributed by atoms with Crippen LogP contribution in [0.15, 0.2) is 53.1 Å². The molecule has 1 saturated carbocycles. The van der Waals surface area contributed by atoms with E-state index in [0.717, 1.165) is 42.2 Å². The number of alkyl halides is 3. The molecule has 41 heavy (non-hydrogen) atoms. The summed E-state index contributed by atoms with van der Waals surface area (Å²) in [5, 5.41) is 16.6. The van der Waals surface area contributed by atoms with Crippen molar-refractivity contribution in [1.29, 1.82) is 0 Å². The number of carboxylic acids is 1. The lowest BCUT2D eigenvalue weighted by Crippen LogP contribution is -2.45. The van der Waals surface area contributed by atoms with Gasteiger partial charge in [-0.3, -0.25) is 4.79 Å². The number of halogens is 5. The van der Waals surface area contributed by atoms with E-state index in [4.69, 9.17) is 9.63 Å². The molecule has 2 N–H and O–H groups in total. The number of nitrogens with one attached hydrogen (secondary N) is 1. The normalized spacial score (nSPS) is 20.1. The first kappa shape index (κ1) is 27.1. The summed E-state index contributed by atoms with van der Waals surface area (Å²) in [6, 6.07) is 11.2. The minimum absolute atomic E-state index is 0.0828. The van der Waals surface area contributed by atoms with Crippen LogP contribution in [0.1, 0.15) is 47.6 Å². The van der Waals surface area contributed by atoms with Gasteiger partial charge in [0, 0.05) is 17.6 Å². The van der Waals surface area contributed by atoms with Gasteiger partial charge in [-0.1, -0.05) is 29.4 Å². The first-order valence-electron chi connectivity index (χ1n) is 13.1. The van der Waals surface area contributed by atoms with Crippen LogP contribution in [-0.4, -0.2) is 27.3 Å². The van der Waals surface area contributed by atoms with Crippen molar-refractivity contribution in [2.24, 2.45) is 5.92 Å². The largest absolute Gasteiger partial charge is 0.481 e. The number of hydrogen-bond acceptors (Lipinski definition) is 5. The van der Waals surface area contributed by atoms with Gasteiger partial charge in [0.2, 0.25) is 5.82 Å². The number of rotatable bonds is 6. The predicted octanol–water partition coefficient (Wildman–Crippen LogP) is 7.12. The van der Waals surface area contributed by atoms with Crippen LogP contribution in [0.4, 0.5) is 22.0 Å². The molecule has 0 aliphatic heterocycles. The Morgan fingerprint density at radius 1 is 1.02 bits per heavy atom. The second kappa shape index (κ2) is 10.1. The number of carbonyl (C=O) groups is 1. The van der Waals surface area contributed by atoms with Gasteiger partial charge in [-0.25, -0.2) is 8.78 Å². The van der Waals surface area contributed by atoms with Crippen molar-refractivity contribution in [3.05, 3.63) is 82.4 Å². The van der Waals surface area contributed by atoms with Gasteiger partial charge in [0.1, 0.15) is 11.6 Å². The quantitative estimate of drug-likeness (QED) is 0.241. The van der Waals surface area contributed by atoms with Crippen LogP contribution >= 0.6 is 0 Å². The summed E-state index contributed by atoms with van der Waals surface area (Å²) in [7, 11) is 0. The van der Waals surface area contributed by atoms with E-state index in [1.807, 2.05) is 18.2 Å². The van der Waals surface area contributed by atoms with Crippen molar-refractivity contribution in [3.8, 4) is 34.0 Å². The molecular weight excluding hydrogens is 545 g/mol. The van der Waals surface area contributed by atoms with Crippen molar-refractivity contribution >= 4 is 5.97 Å². The van der Waals surface area contributed by atoms with Gasteiger partial charge >= 0.3 is 12.1 Å². The molecule has 0 amide bonds.